The van der Waals surface area contributed by atoms with Gasteiger partial charge in [0.2, 0.25) is 0 Å². The summed E-state index contributed by atoms with van der Waals surface area (Å²) in [6.07, 6.45) is 5.29. The van der Waals surface area contributed by atoms with Crippen molar-refractivity contribution < 1.29 is 24.2 Å². The molecule has 0 aliphatic carbocycles. The van der Waals surface area contributed by atoms with Gasteiger partial charge < -0.3 is 19.5 Å². The fourth-order valence-electron chi connectivity index (χ4n) is 4.43. The zero-order valence-electron chi connectivity index (χ0n) is 21.4. The van der Waals surface area contributed by atoms with Crippen LogP contribution in [0.25, 0.3) is 5.76 Å². The molecule has 0 saturated carbocycles. The van der Waals surface area contributed by atoms with Crippen molar-refractivity contribution in [2.45, 2.75) is 46.2 Å². The molecule has 37 heavy (non-hydrogen) atoms. The monoisotopic (exact) mass is 500 g/mol. The van der Waals surface area contributed by atoms with Crippen molar-refractivity contribution in [2.75, 3.05) is 13.2 Å². The topological polar surface area (TPSA) is 89.0 Å². The highest BCUT2D eigenvalue weighted by Gasteiger charge is 2.46. The van der Waals surface area contributed by atoms with E-state index in [1.165, 1.54) is 4.90 Å². The van der Waals surface area contributed by atoms with Crippen molar-refractivity contribution in [1.29, 1.82) is 0 Å². The van der Waals surface area contributed by atoms with Crippen LogP contribution in [0.4, 0.5) is 0 Å². The van der Waals surface area contributed by atoms with Crippen LogP contribution in [0.2, 0.25) is 0 Å². The lowest BCUT2D eigenvalue weighted by molar-refractivity contribution is -0.140. The van der Waals surface area contributed by atoms with Gasteiger partial charge in [-0.3, -0.25) is 14.6 Å². The van der Waals surface area contributed by atoms with E-state index in [9.17, 15) is 14.7 Å². The van der Waals surface area contributed by atoms with Gasteiger partial charge in [-0.1, -0.05) is 31.5 Å². The Kier molecular flexibility index (Phi) is 8.23. The first kappa shape index (κ1) is 25.9. The number of pyridine rings is 1. The molecule has 1 aliphatic heterocycles. The number of hydrogen-bond donors (Lipinski definition) is 1. The number of benzene rings is 2. The number of carbonyl (C=O) groups excluding carboxylic acids is 2. The molecule has 1 atom stereocenters. The number of aliphatic hydroxyl groups is 1. The average Bonchev–Trinajstić information content (AvgIpc) is 3.15. The van der Waals surface area contributed by atoms with E-state index in [1.807, 2.05) is 32.0 Å². The third-order valence-electron chi connectivity index (χ3n) is 6.33. The number of aliphatic hydroxyl groups excluding tert-OH is 1. The van der Waals surface area contributed by atoms with Crippen molar-refractivity contribution in [1.82, 2.24) is 9.88 Å². The van der Waals surface area contributed by atoms with E-state index in [4.69, 9.17) is 9.47 Å². The smallest absolute Gasteiger partial charge is 0.295 e. The molecule has 1 fully saturated rings. The molecule has 192 valence electrons. The molecule has 1 unspecified atom stereocenters. The lowest BCUT2D eigenvalue weighted by Gasteiger charge is -2.25. The van der Waals surface area contributed by atoms with E-state index in [2.05, 4.69) is 11.9 Å². The molecule has 1 aliphatic rings. The number of hydrogen-bond acceptors (Lipinski definition) is 6. The van der Waals surface area contributed by atoms with Gasteiger partial charge in [0.25, 0.3) is 11.7 Å². The van der Waals surface area contributed by atoms with Crippen LogP contribution in [-0.2, 0) is 16.1 Å². The lowest BCUT2D eigenvalue weighted by atomic mass is 9.94. The summed E-state index contributed by atoms with van der Waals surface area (Å²) in [4.78, 5) is 32.2. The Morgan fingerprint density at radius 1 is 1.05 bits per heavy atom. The Morgan fingerprint density at radius 3 is 2.49 bits per heavy atom. The second-order valence-electron chi connectivity index (χ2n) is 8.97. The van der Waals surface area contributed by atoms with E-state index >= 15 is 0 Å². The summed E-state index contributed by atoms with van der Waals surface area (Å²) in [5, 5.41) is 11.4. The summed E-state index contributed by atoms with van der Waals surface area (Å²) in [6.45, 7) is 7.20. The highest BCUT2D eigenvalue weighted by Crippen LogP contribution is 2.41. The Hall–Kier alpha value is -4.13. The van der Waals surface area contributed by atoms with Crippen LogP contribution < -0.4 is 9.47 Å². The Morgan fingerprint density at radius 2 is 1.84 bits per heavy atom. The van der Waals surface area contributed by atoms with Crippen molar-refractivity contribution in [3.63, 3.8) is 0 Å². The van der Waals surface area contributed by atoms with Gasteiger partial charge in [-0.2, -0.15) is 0 Å². The molecule has 1 saturated heterocycles. The molecule has 2 heterocycles. The molecule has 3 aromatic rings. The second-order valence-corrected chi connectivity index (χ2v) is 8.97. The first-order valence-electron chi connectivity index (χ1n) is 12.6. The van der Waals surface area contributed by atoms with Crippen LogP contribution in [0, 0.1) is 6.92 Å². The fraction of sp³-hybridized carbons (Fsp3) is 0.300. The van der Waals surface area contributed by atoms with E-state index < -0.39 is 17.7 Å². The van der Waals surface area contributed by atoms with Crippen LogP contribution >= 0.6 is 0 Å². The molecule has 4 rings (SSSR count). The minimum Gasteiger partial charge on any atom is -0.507 e. The van der Waals surface area contributed by atoms with E-state index in [1.54, 1.807) is 48.8 Å². The largest absolute Gasteiger partial charge is 0.507 e. The average molecular weight is 501 g/mol. The lowest BCUT2D eigenvalue weighted by Crippen LogP contribution is -2.29. The molecule has 7 heteroatoms. The van der Waals surface area contributed by atoms with Gasteiger partial charge in [-0.15, -0.1) is 0 Å². The van der Waals surface area contributed by atoms with Crippen molar-refractivity contribution in [2.24, 2.45) is 0 Å². The SMILES string of the molecule is CCCCOc1ccc(/C(O)=C2/C(=O)C(=O)N(Cc3cccnc3)C2c2ccc(OCC)cc2)cc1C. The number of ether oxygens (including phenoxy) is 2. The molecule has 2 aromatic carbocycles. The molecule has 1 aromatic heterocycles. The zero-order valence-corrected chi connectivity index (χ0v) is 21.4. The molecular formula is C30H32N2O5. The maximum Gasteiger partial charge on any atom is 0.295 e. The number of nitrogens with zero attached hydrogens (tertiary/aromatic N) is 2. The number of carbonyl (C=O) groups is 2. The first-order valence-corrected chi connectivity index (χ1v) is 12.6. The van der Waals surface area contributed by atoms with Crippen molar-refractivity contribution >= 4 is 17.4 Å². The summed E-state index contributed by atoms with van der Waals surface area (Å²) >= 11 is 0. The van der Waals surface area contributed by atoms with Crippen LogP contribution in [0.15, 0.2) is 72.6 Å². The number of aromatic nitrogens is 1. The first-order chi connectivity index (χ1) is 17.9. The number of ketones is 1. The maximum absolute atomic E-state index is 13.3. The molecule has 0 radical (unpaired) electrons. The standard InChI is InChI=1S/C30H32N2O5/c1-4-6-16-37-25-14-11-23(17-20(25)3)28(33)26-27(22-9-12-24(13-10-22)36-5-2)32(30(35)29(26)34)19-21-8-7-15-31-18-21/h7-15,17-18,27,33H,4-6,16,19H2,1-3H3/b28-26-. The number of likely N-dealkylation sites (tertiary alicyclic amines) is 1. The van der Waals surface area contributed by atoms with Gasteiger partial charge in [0, 0.05) is 24.5 Å². The Balaban J connectivity index is 1.77. The molecule has 0 spiro atoms. The van der Waals surface area contributed by atoms with Crippen LogP contribution in [0.3, 0.4) is 0 Å². The Bertz CT molecular complexity index is 1290. The number of aryl methyl sites for hydroxylation is 1. The highest BCUT2D eigenvalue weighted by molar-refractivity contribution is 6.46. The highest BCUT2D eigenvalue weighted by atomic mass is 16.5. The van der Waals surface area contributed by atoms with Gasteiger partial charge in [0.15, 0.2) is 0 Å². The normalized spacial score (nSPS) is 16.7. The van der Waals surface area contributed by atoms with Crippen molar-refractivity contribution in [3.05, 3.63) is 94.8 Å². The number of unbranched alkanes of at least 4 members (excludes halogenated alkanes) is 1. The van der Waals surface area contributed by atoms with Crippen LogP contribution in [0.1, 0.15) is 55.0 Å². The number of amides is 1. The van der Waals surface area contributed by atoms with Gasteiger partial charge in [0.05, 0.1) is 24.8 Å². The summed E-state index contributed by atoms with van der Waals surface area (Å²) in [7, 11) is 0. The summed E-state index contributed by atoms with van der Waals surface area (Å²) in [5.74, 6) is -0.189. The third-order valence-corrected chi connectivity index (χ3v) is 6.33. The van der Waals surface area contributed by atoms with Gasteiger partial charge in [-0.25, -0.2) is 0 Å². The zero-order chi connectivity index (χ0) is 26.4. The number of rotatable bonds is 10. The maximum atomic E-state index is 13.3. The van der Waals surface area contributed by atoms with E-state index in [0.29, 0.717) is 30.1 Å². The molecule has 0 bridgehead atoms. The minimum atomic E-state index is -0.767. The minimum absolute atomic E-state index is 0.0529. The summed E-state index contributed by atoms with van der Waals surface area (Å²) in [5.41, 5.74) is 2.82. The predicted molar refractivity (Wildman–Crippen MR) is 141 cm³/mol. The van der Waals surface area contributed by atoms with Crippen LogP contribution in [-0.4, -0.2) is 39.9 Å². The fourth-order valence-corrected chi connectivity index (χ4v) is 4.43. The quantitative estimate of drug-likeness (QED) is 0.169. The van der Waals surface area contributed by atoms with Gasteiger partial charge in [-0.05, 0) is 73.4 Å². The van der Waals surface area contributed by atoms with E-state index in [0.717, 1.165) is 29.7 Å². The molecule has 7 nitrogen and oxygen atoms in total. The van der Waals surface area contributed by atoms with E-state index in [-0.39, 0.29) is 17.9 Å². The second kappa shape index (κ2) is 11.7. The summed E-state index contributed by atoms with van der Waals surface area (Å²) in [6, 6.07) is 15.4. The Labute approximate surface area is 217 Å². The third kappa shape index (κ3) is 5.66. The van der Waals surface area contributed by atoms with Crippen molar-refractivity contribution in [3.8, 4) is 11.5 Å². The summed E-state index contributed by atoms with van der Waals surface area (Å²) < 4.78 is 11.4. The molecule has 1 amide bonds. The van der Waals surface area contributed by atoms with Gasteiger partial charge in [0.1, 0.15) is 17.3 Å². The van der Waals surface area contributed by atoms with Gasteiger partial charge >= 0.3 is 0 Å². The predicted octanol–water partition coefficient (Wildman–Crippen LogP) is 5.59. The molecule has 1 N–H and O–H groups in total. The molecular weight excluding hydrogens is 468 g/mol. The number of Topliss-reactive ketones (excluding diaryl/α,β-unsaturated/α-hetero) is 1. The van der Waals surface area contributed by atoms with Crippen LogP contribution in [0.5, 0.6) is 11.5 Å².